The number of aryl methyl sites for hydroxylation is 1. The van der Waals surface area contributed by atoms with E-state index in [1.54, 1.807) is 0 Å². The molecule has 2 aliphatic rings. The second-order valence-electron chi connectivity index (χ2n) is 4.88. The van der Waals surface area contributed by atoms with E-state index in [9.17, 15) is 25.5 Å². The summed E-state index contributed by atoms with van der Waals surface area (Å²) in [5.41, 5.74) is 0. The Labute approximate surface area is 113 Å². The Bertz CT molecular complexity index is 496. The van der Waals surface area contributed by atoms with Gasteiger partial charge in [0.2, 0.25) is 5.95 Å². The lowest BCUT2D eigenvalue weighted by Gasteiger charge is -2.36. The van der Waals surface area contributed by atoms with E-state index in [2.05, 4.69) is 15.4 Å². The predicted molar refractivity (Wildman–Crippen MR) is 62.1 cm³/mol. The minimum atomic E-state index is -1.64. The summed E-state index contributed by atoms with van der Waals surface area (Å²) in [6.45, 7) is 0.438. The fraction of sp³-hybridized carbons (Fsp3) is 0.800. The summed E-state index contributed by atoms with van der Waals surface area (Å²) in [5.74, 6) is 0.365. The highest BCUT2D eigenvalue weighted by Crippen LogP contribution is 2.31. The van der Waals surface area contributed by atoms with E-state index in [-0.39, 0.29) is 5.82 Å². The molecule has 10 nitrogen and oxygen atoms in total. The van der Waals surface area contributed by atoms with Crippen molar-refractivity contribution in [3.8, 4) is 0 Å². The lowest BCUT2D eigenvalue weighted by Crippen LogP contribution is -2.54. The summed E-state index contributed by atoms with van der Waals surface area (Å²) in [4.78, 5) is 4.06. The summed E-state index contributed by atoms with van der Waals surface area (Å²) in [6.07, 6.45) is -7.72. The molecule has 0 saturated carbocycles. The molecule has 1 aromatic rings. The van der Waals surface area contributed by atoms with E-state index in [1.165, 1.54) is 4.68 Å². The molecule has 0 aliphatic carbocycles. The van der Waals surface area contributed by atoms with Crippen LogP contribution in [0.3, 0.4) is 0 Å². The Kier molecular flexibility index (Phi) is 3.36. The molecule has 0 bridgehead atoms. The average molecular weight is 288 g/mol. The zero-order valence-corrected chi connectivity index (χ0v) is 10.4. The number of ether oxygens (including phenoxy) is 1. The van der Waals surface area contributed by atoms with Crippen molar-refractivity contribution in [1.82, 2.24) is 14.8 Å². The molecule has 1 saturated heterocycles. The first kappa shape index (κ1) is 13.7. The minimum Gasteiger partial charge on any atom is -0.387 e. The van der Waals surface area contributed by atoms with Gasteiger partial charge < -0.3 is 35.6 Å². The molecule has 112 valence electrons. The molecule has 1 aromatic heterocycles. The van der Waals surface area contributed by atoms with E-state index in [0.717, 1.165) is 0 Å². The van der Waals surface area contributed by atoms with Gasteiger partial charge in [0.1, 0.15) is 24.5 Å². The smallest absolute Gasteiger partial charge is 0.223 e. The van der Waals surface area contributed by atoms with Crippen LogP contribution in [-0.2, 0) is 11.3 Å². The van der Waals surface area contributed by atoms with Gasteiger partial charge in [0.15, 0.2) is 18.2 Å². The van der Waals surface area contributed by atoms with Crippen LogP contribution < -0.4 is 5.32 Å². The SMILES string of the molecule is OC1CCn2nc(C3O[C@@H](O)[C@H](O)[C@@H](O)[C@@H]3O)nc2N1. The molecule has 2 aliphatic heterocycles. The maximum absolute atomic E-state index is 9.89. The monoisotopic (exact) mass is 288 g/mol. The van der Waals surface area contributed by atoms with E-state index in [4.69, 9.17) is 4.74 Å². The van der Waals surface area contributed by atoms with Gasteiger partial charge in [-0.1, -0.05) is 0 Å². The van der Waals surface area contributed by atoms with E-state index < -0.39 is 36.9 Å². The third-order valence-corrected chi connectivity index (χ3v) is 3.44. The highest BCUT2D eigenvalue weighted by atomic mass is 16.6. The zero-order valence-electron chi connectivity index (χ0n) is 10.4. The number of nitrogens with one attached hydrogen (secondary N) is 1. The maximum Gasteiger partial charge on any atom is 0.223 e. The fourth-order valence-electron chi connectivity index (χ4n) is 2.28. The van der Waals surface area contributed by atoms with Crippen LogP contribution in [0.15, 0.2) is 0 Å². The molecule has 0 amide bonds. The van der Waals surface area contributed by atoms with E-state index in [0.29, 0.717) is 18.9 Å². The van der Waals surface area contributed by atoms with Crippen molar-refractivity contribution in [2.24, 2.45) is 0 Å². The molecule has 2 unspecified atom stereocenters. The van der Waals surface area contributed by atoms with Gasteiger partial charge in [-0.25, -0.2) is 4.68 Å². The molecular formula is C10H16N4O6. The standard InChI is InChI=1S/C10H16N4O6/c15-3-1-2-14-10(11-3)12-8(13-14)7-5(17)4(16)6(18)9(19)20-7/h3-7,9,15-19H,1-2H2,(H,11,12,13)/t3?,4-,5-,6+,7?,9+/m0/s1. The van der Waals surface area contributed by atoms with Crippen LogP contribution in [0.5, 0.6) is 0 Å². The lowest BCUT2D eigenvalue weighted by atomic mass is 9.98. The molecule has 10 heteroatoms. The number of fused-ring (bicyclic) bond motifs is 1. The van der Waals surface area contributed by atoms with Crippen molar-refractivity contribution in [2.45, 2.75) is 49.9 Å². The zero-order chi connectivity index (χ0) is 14.4. The molecule has 3 rings (SSSR count). The van der Waals surface area contributed by atoms with Crippen molar-refractivity contribution >= 4 is 5.95 Å². The molecule has 0 aromatic carbocycles. The molecule has 1 fully saturated rings. The largest absolute Gasteiger partial charge is 0.387 e. The minimum absolute atomic E-state index is 0.0547. The first-order valence-electron chi connectivity index (χ1n) is 6.24. The Morgan fingerprint density at radius 1 is 1.10 bits per heavy atom. The Morgan fingerprint density at radius 2 is 1.85 bits per heavy atom. The summed E-state index contributed by atoms with van der Waals surface area (Å²) in [7, 11) is 0. The van der Waals surface area contributed by atoms with Crippen molar-refractivity contribution < 1.29 is 30.3 Å². The van der Waals surface area contributed by atoms with Gasteiger partial charge in [0.25, 0.3) is 0 Å². The summed E-state index contributed by atoms with van der Waals surface area (Å²) < 4.78 is 6.53. The Balaban J connectivity index is 1.85. The first-order valence-corrected chi connectivity index (χ1v) is 6.24. The van der Waals surface area contributed by atoms with Gasteiger partial charge in [0.05, 0.1) is 0 Å². The number of rotatable bonds is 1. The molecular weight excluding hydrogens is 272 g/mol. The van der Waals surface area contributed by atoms with Crippen molar-refractivity contribution in [3.05, 3.63) is 5.82 Å². The van der Waals surface area contributed by atoms with Crippen molar-refractivity contribution in [3.63, 3.8) is 0 Å². The third-order valence-electron chi connectivity index (χ3n) is 3.44. The van der Waals surface area contributed by atoms with Gasteiger partial charge in [-0.05, 0) is 0 Å². The van der Waals surface area contributed by atoms with Crippen molar-refractivity contribution in [1.29, 1.82) is 0 Å². The highest BCUT2D eigenvalue weighted by molar-refractivity contribution is 5.28. The summed E-state index contributed by atoms with van der Waals surface area (Å²) in [5, 5.41) is 54.7. The van der Waals surface area contributed by atoms with E-state index >= 15 is 0 Å². The van der Waals surface area contributed by atoms with Crippen LogP contribution in [0, 0.1) is 0 Å². The van der Waals surface area contributed by atoms with Gasteiger partial charge in [-0.2, -0.15) is 10.1 Å². The van der Waals surface area contributed by atoms with Crippen LogP contribution in [0.25, 0.3) is 0 Å². The van der Waals surface area contributed by atoms with Crippen LogP contribution in [0.4, 0.5) is 5.95 Å². The number of anilines is 1. The van der Waals surface area contributed by atoms with Crippen LogP contribution in [0.1, 0.15) is 18.3 Å². The van der Waals surface area contributed by atoms with Gasteiger partial charge in [-0.15, -0.1) is 0 Å². The lowest BCUT2D eigenvalue weighted by molar-refractivity contribution is -0.285. The Morgan fingerprint density at radius 3 is 2.60 bits per heavy atom. The summed E-state index contributed by atoms with van der Waals surface area (Å²) >= 11 is 0. The molecule has 0 radical (unpaired) electrons. The quantitative estimate of drug-likeness (QED) is 0.315. The molecule has 6 N–H and O–H groups in total. The summed E-state index contributed by atoms with van der Waals surface area (Å²) in [6, 6.07) is 0. The maximum atomic E-state index is 9.89. The molecule has 0 spiro atoms. The second-order valence-corrected chi connectivity index (χ2v) is 4.88. The van der Waals surface area contributed by atoms with Gasteiger partial charge in [-0.3, -0.25) is 0 Å². The Hall–Kier alpha value is -1.30. The highest BCUT2D eigenvalue weighted by Gasteiger charge is 2.45. The normalized spacial score (nSPS) is 41.0. The van der Waals surface area contributed by atoms with Crippen molar-refractivity contribution in [2.75, 3.05) is 5.32 Å². The number of aromatic nitrogens is 3. The second kappa shape index (κ2) is 4.91. The van der Waals surface area contributed by atoms with Crippen LogP contribution in [0.2, 0.25) is 0 Å². The number of nitrogens with zero attached hydrogens (tertiary/aromatic N) is 3. The average Bonchev–Trinajstić information content (AvgIpc) is 2.83. The fourth-order valence-corrected chi connectivity index (χ4v) is 2.28. The number of hydrogen-bond acceptors (Lipinski definition) is 9. The van der Waals surface area contributed by atoms with Gasteiger partial charge in [0, 0.05) is 13.0 Å². The number of aliphatic hydroxyl groups excluding tert-OH is 5. The number of hydrogen-bond donors (Lipinski definition) is 6. The van der Waals surface area contributed by atoms with Crippen LogP contribution in [-0.4, -0.2) is 71.1 Å². The topological polar surface area (TPSA) is 153 Å². The first-order chi connectivity index (χ1) is 9.47. The molecule has 6 atom stereocenters. The van der Waals surface area contributed by atoms with Gasteiger partial charge >= 0.3 is 0 Å². The molecule has 3 heterocycles. The third kappa shape index (κ3) is 2.16. The predicted octanol–water partition coefficient (Wildman–Crippen LogP) is -3.12. The van der Waals surface area contributed by atoms with Crippen LogP contribution >= 0.6 is 0 Å². The van der Waals surface area contributed by atoms with E-state index in [1.807, 2.05) is 0 Å². The molecule has 20 heavy (non-hydrogen) atoms. The number of aliphatic hydroxyl groups is 5.